The van der Waals surface area contributed by atoms with Gasteiger partial charge < -0.3 is 10.4 Å². The van der Waals surface area contributed by atoms with Gasteiger partial charge in [0.25, 0.3) is 0 Å². The van der Waals surface area contributed by atoms with Crippen LogP contribution in [0.2, 0.25) is 0 Å². The molecule has 2 heteroatoms. The van der Waals surface area contributed by atoms with Crippen molar-refractivity contribution < 1.29 is 5.11 Å². The third-order valence-electron chi connectivity index (χ3n) is 1.10. The van der Waals surface area contributed by atoms with Gasteiger partial charge in [-0.3, -0.25) is 0 Å². The first-order valence-corrected chi connectivity index (χ1v) is 2.75. The second-order valence-corrected chi connectivity index (χ2v) is 1.64. The van der Waals surface area contributed by atoms with Crippen molar-refractivity contribution in [3.63, 3.8) is 0 Å². The van der Waals surface area contributed by atoms with Gasteiger partial charge >= 0.3 is 0 Å². The minimum atomic E-state index is 0.220. The third-order valence-corrected chi connectivity index (χ3v) is 1.10. The molecular formula is C6H13NO. The second-order valence-electron chi connectivity index (χ2n) is 1.64. The van der Waals surface area contributed by atoms with E-state index in [0.29, 0.717) is 0 Å². The molecule has 0 saturated heterocycles. The molecule has 0 heterocycles. The minimum Gasteiger partial charge on any atom is -0.396 e. The Labute approximate surface area is 50.2 Å². The van der Waals surface area contributed by atoms with Crippen LogP contribution in [0.25, 0.3) is 0 Å². The van der Waals surface area contributed by atoms with Crippen molar-refractivity contribution in [2.24, 2.45) is 0 Å². The lowest BCUT2D eigenvalue weighted by molar-refractivity contribution is 0.277. The van der Waals surface area contributed by atoms with E-state index in [4.69, 9.17) is 5.11 Å². The molecule has 0 aliphatic rings. The molecule has 0 aliphatic heterocycles. The summed E-state index contributed by atoms with van der Waals surface area (Å²) in [4.78, 5) is 0. The van der Waals surface area contributed by atoms with Crippen LogP contribution in [0, 0.1) is 0 Å². The van der Waals surface area contributed by atoms with Crippen LogP contribution in [0.15, 0.2) is 12.7 Å². The Morgan fingerprint density at radius 3 is 2.62 bits per heavy atom. The highest BCUT2D eigenvalue weighted by molar-refractivity contribution is 4.83. The van der Waals surface area contributed by atoms with Gasteiger partial charge in [0.05, 0.1) is 0 Å². The second kappa shape index (κ2) is 4.81. The Balaban J connectivity index is 3.21. The SMILES string of the molecule is C=CC(CCO)NC. The number of rotatable bonds is 4. The molecule has 0 rings (SSSR count). The lowest BCUT2D eigenvalue weighted by atomic mass is 10.2. The quantitative estimate of drug-likeness (QED) is 0.511. The fourth-order valence-electron chi connectivity index (χ4n) is 0.519. The van der Waals surface area contributed by atoms with Crippen LogP contribution < -0.4 is 5.32 Å². The predicted molar refractivity (Wildman–Crippen MR) is 34.7 cm³/mol. The normalized spacial score (nSPS) is 13.2. The summed E-state index contributed by atoms with van der Waals surface area (Å²) in [7, 11) is 1.85. The van der Waals surface area contributed by atoms with E-state index in [9.17, 15) is 0 Å². The van der Waals surface area contributed by atoms with Gasteiger partial charge in [-0.25, -0.2) is 0 Å². The number of aliphatic hydroxyl groups is 1. The van der Waals surface area contributed by atoms with Crippen LogP contribution in [0.3, 0.4) is 0 Å². The molecule has 0 radical (unpaired) electrons. The van der Waals surface area contributed by atoms with Crippen molar-refractivity contribution in [3.05, 3.63) is 12.7 Å². The number of hydrogen-bond acceptors (Lipinski definition) is 2. The molecule has 0 aromatic carbocycles. The van der Waals surface area contributed by atoms with Crippen LogP contribution >= 0.6 is 0 Å². The molecule has 0 bridgehead atoms. The van der Waals surface area contributed by atoms with Crippen molar-refractivity contribution in [3.8, 4) is 0 Å². The molecular weight excluding hydrogens is 102 g/mol. The Kier molecular flexibility index (Phi) is 4.61. The third kappa shape index (κ3) is 2.77. The van der Waals surface area contributed by atoms with E-state index in [1.165, 1.54) is 0 Å². The molecule has 0 aliphatic carbocycles. The molecule has 0 aromatic heterocycles. The zero-order valence-electron chi connectivity index (χ0n) is 5.22. The van der Waals surface area contributed by atoms with E-state index >= 15 is 0 Å². The van der Waals surface area contributed by atoms with Gasteiger partial charge in [0.2, 0.25) is 0 Å². The molecule has 2 N–H and O–H groups in total. The standard InChI is InChI=1S/C6H13NO/c1-3-6(7-2)4-5-8/h3,6-8H,1,4-5H2,2H3. The Hall–Kier alpha value is -0.340. The average molecular weight is 115 g/mol. The van der Waals surface area contributed by atoms with Crippen molar-refractivity contribution in [2.75, 3.05) is 13.7 Å². The topological polar surface area (TPSA) is 32.3 Å². The monoisotopic (exact) mass is 115 g/mol. The molecule has 2 nitrogen and oxygen atoms in total. The molecule has 0 fully saturated rings. The summed E-state index contributed by atoms with van der Waals surface area (Å²) in [5.41, 5.74) is 0. The summed E-state index contributed by atoms with van der Waals surface area (Å²) in [6.45, 7) is 3.80. The maximum atomic E-state index is 8.41. The van der Waals surface area contributed by atoms with Crippen LogP contribution in [-0.2, 0) is 0 Å². The smallest absolute Gasteiger partial charge is 0.0448 e. The first kappa shape index (κ1) is 7.66. The van der Waals surface area contributed by atoms with Crippen LogP contribution in [0.1, 0.15) is 6.42 Å². The molecule has 0 saturated carbocycles. The maximum absolute atomic E-state index is 8.41. The summed E-state index contributed by atoms with van der Waals surface area (Å²) in [5.74, 6) is 0. The molecule has 1 unspecified atom stereocenters. The largest absolute Gasteiger partial charge is 0.396 e. The van der Waals surface area contributed by atoms with Gasteiger partial charge in [-0.2, -0.15) is 0 Å². The lowest BCUT2D eigenvalue weighted by Gasteiger charge is -2.06. The summed E-state index contributed by atoms with van der Waals surface area (Å²) < 4.78 is 0. The summed E-state index contributed by atoms with van der Waals surface area (Å²) >= 11 is 0. The van der Waals surface area contributed by atoms with E-state index in [1.54, 1.807) is 6.08 Å². The molecule has 0 aromatic rings. The van der Waals surface area contributed by atoms with E-state index in [-0.39, 0.29) is 12.6 Å². The Morgan fingerprint density at radius 2 is 2.50 bits per heavy atom. The molecule has 0 amide bonds. The zero-order chi connectivity index (χ0) is 6.41. The summed E-state index contributed by atoms with van der Waals surface area (Å²) in [6, 6.07) is 0.264. The van der Waals surface area contributed by atoms with Gasteiger partial charge in [0.1, 0.15) is 0 Å². The number of aliphatic hydroxyl groups excluding tert-OH is 1. The first-order chi connectivity index (χ1) is 3.85. The fraction of sp³-hybridized carbons (Fsp3) is 0.667. The lowest BCUT2D eigenvalue weighted by Crippen LogP contribution is -2.23. The van der Waals surface area contributed by atoms with Crippen LogP contribution in [-0.4, -0.2) is 24.8 Å². The van der Waals surface area contributed by atoms with Crippen LogP contribution in [0.5, 0.6) is 0 Å². The van der Waals surface area contributed by atoms with Crippen molar-refractivity contribution in [1.82, 2.24) is 5.32 Å². The minimum absolute atomic E-state index is 0.220. The zero-order valence-corrected chi connectivity index (χ0v) is 5.22. The van der Waals surface area contributed by atoms with Crippen molar-refractivity contribution in [2.45, 2.75) is 12.5 Å². The molecule has 8 heavy (non-hydrogen) atoms. The van der Waals surface area contributed by atoms with Crippen LogP contribution in [0.4, 0.5) is 0 Å². The average Bonchev–Trinajstić information content (AvgIpc) is 1.83. The molecule has 1 atom stereocenters. The van der Waals surface area contributed by atoms with Gasteiger partial charge in [-0.1, -0.05) is 6.08 Å². The van der Waals surface area contributed by atoms with E-state index in [1.807, 2.05) is 7.05 Å². The summed E-state index contributed by atoms with van der Waals surface area (Å²) in [6.07, 6.45) is 2.54. The highest BCUT2D eigenvalue weighted by Crippen LogP contribution is 1.88. The summed E-state index contributed by atoms with van der Waals surface area (Å²) in [5, 5.41) is 11.4. The fourth-order valence-corrected chi connectivity index (χ4v) is 0.519. The van der Waals surface area contributed by atoms with Gasteiger partial charge in [-0.05, 0) is 13.5 Å². The highest BCUT2D eigenvalue weighted by Gasteiger charge is 1.95. The van der Waals surface area contributed by atoms with E-state index in [0.717, 1.165) is 6.42 Å². The van der Waals surface area contributed by atoms with Gasteiger partial charge in [0.15, 0.2) is 0 Å². The van der Waals surface area contributed by atoms with Gasteiger partial charge in [0, 0.05) is 12.6 Å². The number of nitrogens with one attached hydrogen (secondary N) is 1. The highest BCUT2D eigenvalue weighted by atomic mass is 16.3. The van der Waals surface area contributed by atoms with E-state index in [2.05, 4.69) is 11.9 Å². The first-order valence-electron chi connectivity index (χ1n) is 2.75. The van der Waals surface area contributed by atoms with Crippen molar-refractivity contribution in [1.29, 1.82) is 0 Å². The predicted octanol–water partition coefficient (Wildman–Crippen LogP) is 0.143. The Morgan fingerprint density at radius 1 is 1.88 bits per heavy atom. The number of likely N-dealkylation sites (N-methyl/N-ethyl adjacent to an activating group) is 1. The van der Waals surface area contributed by atoms with E-state index < -0.39 is 0 Å². The maximum Gasteiger partial charge on any atom is 0.0448 e. The number of hydrogen-bond donors (Lipinski definition) is 2. The molecule has 48 valence electrons. The molecule has 0 spiro atoms. The van der Waals surface area contributed by atoms with Gasteiger partial charge in [-0.15, -0.1) is 6.58 Å². The Bertz CT molecular complexity index is 63.5. The van der Waals surface area contributed by atoms with Crippen molar-refractivity contribution >= 4 is 0 Å².